The van der Waals surface area contributed by atoms with E-state index in [-0.39, 0.29) is 0 Å². The molecule has 0 bridgehead atoms. The van der Waals surface area contributed by atoms with Gasteiger partial charge in [0.2, 0.25) is 0 Å². The standard InChI is InChI=1S/C18H16N6OS2/c19-9-11-14(12-3-1-8-26-12)15-16(20)13(10-25)27-18(15)23-17(11)21-4-2-6-24-7-5-22-24/h1,3,5,7-8,10,22H,2,4,6,20H2,(H,21,23). The van der Waals surface area contributed by atoms with Crippen LogP contribution >= 0.6 is 22.7 Å². The number of carbonyl (C=O) groups is 1. The second-order valence-electron chi connectivity index (χ2n) is 5.90. The van der Waals surface area contributed by atoms with Gasteiger partial charge in [0.25, 0.3) is 0 Å². The number of thiophene rings is 2. The molecule has 4 rings (SSSR count). The summed E-state index contributed by atoms with van der Waals surface area (Å²) in [5.74, 6) is 0.527. The molecule has 0 unspecified atom stereocenters. The van der Waals surface area contributed by atoms with Crippen molar-refractivity contribution in [3.63, 3.8) is 0 Å². The Morgan fingerprint density at radius 2 is 2.33 bits per heavy atom. The van der Waals surface area contributed by atoms with Crippen molar-refractivity contribution in [1.29, 1.82) is 5.26 Å². The first kappa shape index (κ1) is 17.3. The average molecular weight is 397 g/mol. The van der Waals surface area contributed by atoms with Crippen molar-refractivity contribution < 1.29 is 4.79 Å². The van der Waals surface area contributed by atoms with Gasteiger partial charge >= 0.3 is 0 Å². The molecule has 27 heavy (non-hydrogen) atoms. The number of hydrogen-bond donors (Lipinski definition) is 3. The van der Waals surface area contributed by atoms with Crippen LogP contribution in [0.5, 0.6) is 0 Å². The Morgan fingerprint density at radius 3 is 2.96 bits per heavy atom. The number of nitrogens with one attached hydrogen (secondary N) is 2. The molecule has 0 aliphatic rings. The maximum atomic E-state index is 11.4. The van der Waals surface area contributed by atoms with E-state index in [1.165, 1.54) is 22.7 Å². The molecule has 0 atom stereocenters. The molecule has 4 heterocycles. The highest BCUT2D eigenvalue weighted by Crippen LogP contribution is 2.43. The number of aldehydes is 1. The smallest absolute Gasteiger partial charge is 0.162 e. The van der Waals surface area contributed by atoms with E-state index in [9.17, 15) is 10.1 Å². The predicted molar refractivity (Wildman–Crippen MR) is 109 cm³/mol. The minimum absolute atomic E-state index is 0.389. The summed E-state index contributed by atoms with van der Waals surface area (Å²) in [5, 5.41) is 18.8. The Morgan fingerprint density at radius 1 is 1.48 bits per heavy atom. The largest absolute Gasteiger partial charge is 0.397 e. The molecule has 0 aliphatic heterocycles. The molecule has 0 aliphatic carbocycles. The van der Waals surface area contributed by atoms with Crippen molar-refractivity contribution in [2.45, 2.75) is 13.0 Å². The molecule has 7 nitrogen and oxygen atoms in total. The lowest BCUT2D eigenvalue weighted by Crippen LogP contribution is -2.12. The van der Waals surface area contributed by atoms with Gasteiger partial charge in [0.05, 0.1) is 10.6 Å². The van der Waals surface area contributed by atoms with Crippen LogP contribution in [0.2, 0.25) is 0 Å². The van der Waals surface area contributed by atoms with E-state index in [1.807, 2.05) is 34.6 Å². The summed E-state index contributed by atoms with van der Waals surface area (Å²) >= 11 is 2.78. The lowest BCUT2D eigenvalue weighted by atomic mass is 10.0. The fourth-order valence-corrected chi connectivity index (χ4v) is 4.64. The summed E-state index contributed by atoms with van der Waals surface area (Å²) in [7, 11) is 0. The van der Waals surface area contributed by atoms with Crippen LogP contribution in [0.3, 0.4) is 0 Å². The van der Waals surface area contributed by atoms with E-state index in [4.69, 9.17) is 5.73 Å². The number of pyridine rings is 1. The first-order valence-electron chi connectivity index (χ1n) is 8.31. The van der Waals surface area contributed by atoms with Crippen LogP contribution in [0.1, 0.15) is 21.7 Å². The van der Waals surface area contributed by atoms with Crippen LogP contribution in [0, 0.1) is 11.3 Å². The molecule has 0 saturated heterocycles. The Labute approximate surface area is 163 Å². The van der Waals surface area contributed by atoms with Gasteiger partial charge in [-0.2, -0.15) is 5.26 Å². The zero-order valence-electron chi connectivity index (χ0n) is 14.2. The van der Waals surface area contributed by atoms with Crippen LogP contribution in [0.15, 0.2) is 29.9 Å². The van der Waals surface area contributed by atoms with Crippen molar-refractivity contribution in [2.24, 2.45) is 0 Å². The molecular formula is C18H16N6OS2. The van der Waals surface area contributed by atoms with E-state index in [0.29, 0.717) is 38.7 Å². The topological polar surface area (TPSA) is 113 Å². The Balaban J connectivity index is 1.77. The van der Waals surface area contributed by atoms with Crippen molar-refractivity contribution in [3.05, 3.63) is 40.3 Å². The third kappa shape index (κ3) is 3.09. The summed E-state index contributed by atoms with van der Waals surface area (Å²) in [6, 6.07) is 6.16. The summed E-state index contributed by atoms with van der Waals surface area (Å²) in [6.07, 6.45) is 5.46. The maximum absolute atomic E-state index is 11.4. The molecule has 4 aromatic heterocycles. The molecule has 0 fully saturated rings. The quantitative estimate of drug-likeness (QED) is 0.324. The SMILES string of the molecule is N#Cc1c(NCCCn2cc[nH]2)nc2sc(C=O)c(N)c2c1-c1cccs1. The zero-order chi connectivity index (χ0) is 18.8. The number of H-pyrrole nitrogens is 1. The minimum atomic E-state index is 0.389. The lowest BCUT2D eigenvalue weighted by molar-refractivity contribution is 0.112. The number of nitrogen functional groups attached to an aromatic ring is 1. The number of hydrogen-bond acceptors (Lipinski definition) is 7. The van der Waals surface area contributed by atoms with Crippen LogP contribution in [-0.4, -0.2) is 27.6 Å². The van der Waals surface area contributed by atoms with Gasteiger partial charge < -0.3 is 16.1 Å². The van der Waals surface area contributed by atoms with E-state index >= 15 is 0 Å². The lowest BCUT2D eigenvalue weighted by Gasteiger charge is -2.13. The summed E-state index contributed by atoms with van der Waals surface area (Å²) < 4.78 is 1.98. The molecule has 0 saturated carbocycles. The molecule has 4 aromatic rings. The molecule has 9 heteroatoms. The fourth-order valence-electron chi connectivity index (χ4n) is 2.94. The van der Waals surface area contributed by atoms with Crippen molar-refractivity contribution in [3.8, 4) is 16.5 Å². The highest BCUT2D eigenvalue weighted by atomic mass is 32.1. The first-order valence-corrected chi connectivity index (χ1v) is 10.0. The van der Waals surface area contributed by atoms with E-state index < -0.39 is 0 Å². The average Bonchev–Trinajstić information content (AvgIpc) is 3.27. The number of aryl methyl sites for hydroxylation is 1. The van der Waals surface area contributed by atoms with Gasteiger partial charge in [0.15, 0.2) is 6.29 Å². The number of nitrogens with zero attached hydrogens (tertiary/aromatic N) is 3. The number of carbonyl (C=O) groups excluding carboxylic acids is 1. The number of fused-ring (bicyclic) bond motifs is 1. The van der Waals surface area contributed by atoms with Gasteiger partial charge in [-0.05, 0) is 17.9 Å². The first-order chi connectivity index (χ1) is 13.2. The van der Waals surface area contributed by atoms with Gasteiger partial charge in [-0.15, -0.1) is 22.7 Å². The Bertz CT molecular complexity index is 1120. The highest BCUT2D eigenvalue weighted by Gasteiger charge is 2.22. The van der Waals surface area contributed by atoms with Crippen LogP contribution < -0.4 is 11.1 Å². The summed E-state index contributed by atoms with van der Waals surface area (Å²) in [6.45, 7) is 1.52. The van der Waals surface area contributed by atoms with Crippen molar-refractivity contribution >= 4 is 50.7 Å². The number of nitrogens with two attached hydrogens (primary N) is 1. The molecule has 4 N–H and O–H groups in total. The molecule has 0 spiro atoms. The van der Waals surface area contributed by atoms with E-state index in [1.54, 1.807) is 0 Å². The van der Waals surface area contributed by atoms with Crippen LogP contribution in [0.25, 0.3) is 20.7 Å². The number of aromatic nitrogens is 3. The third-order valence-electron chi connectivity index (χ3n) is 4.25. The number of anilines is 2. The molecule has 0 radical (unpaired) electrons. The Hall–Kier alpha value is -3.09. The van der Waals surface area contributed by atoms with Gasteiger partial charge in [0.1, 0.15) is 22.3 Å². The monoisotopic (exact) mass is 396 g/mol. The summed E-state index contributed by atoms with van der Waals surface area (Å²) in [5.41, 5.74) is 7.79. The third-order valence-corrected chi connectivity index (χ3v) is 6.17. The fraction of sp³-hybridized carbons (Fsp3) is 0.167. The number of rotatable bonds is 7. The number of nitriles is 1. The second-order valence-corrected chi connectivity index (χ2v) is 7.87. The van der Waals surface area contributed by atoms with Gasteiger partial charge in [0, 0.05) is 41.3 Å². The summed E-state index contributed by atoms with van der Waals surface area (Å²) in [4.78, 5) is 18.0. The van der Waals surface area contributed by atoms with Gasteiger partial charge in [-0.3, -0.25) is 9.48 Å². The Kier molecular flexibility index (Phi) is 4.66. The van der Waals surface area contributed by atoms with Crippen LogP contribution in [-0.2, 0) is 6.54 Å². The molecule has 0 aromatic carbocycles. The minimum Gasteiger partial charge on any atom is -0.397 e. The van der Waals surface area contributed by atoms with E-state index in [2.05, 4.69) is 21.5 Å². The predicted octanol–water partition coefficient (Wildman–Crippen LogP) is 3.92. The molecule has 136 valence electrons. The van der Waals surface area contributed by atoms with Crippen molar-refractivity contribution in [2.75, 3.05) is 17.6 Å². The zero-order valence-corrected chi connectivity index (χ0v) is 15.9. The van der Waals surface area contributed by atoms with Crippen LogP contribution in [0.4, 0.5) is 11.5 Å². The van der Waals surface area contributed by atoms with Gasteiger partial charge in [-0.25, -0.2) is 4.98 Å². The molecular weight excluding hydrogens is 380 g/mol. The molecule has 0 amide bonds. The van der Waals surface area contributed by atoms with E-state index in [0.717, 1.165) is 29.7 Å². The number of aromatic amines is 1. The normalized spacial score (nSPS) is 10.9. The highest BCUT2D eigenvalue weighted by molar-refractivity contribution is 7.21. The van der Waals surface area contributed by atoms with Crippen molar-refractivity contribution in [1.82, 2.24) is 14.8 Å². The maximum Gasteiger partial charge on any atom is 0.162 e. The van der Waals surface area contributed by atoms with Gasteiger partial charge in [-0.1, -0.05) is 6.07 Å². The second kappa shape index (κ2) is 7.26.